The average Bonchev–Trinajstić information content (AvgIpc) is 3.06. The van der Waals surface area contributed by atoms with Gasteiger partial charge in [0, 0.05) is 75.0 Å². The van der Waals surface area contributed by atoms with E-state index >= 15 is 8.78 Å². The fourth-order valence-corrected chi connectivity index (χ4v) is 6.84. The minimum absolute atomic E-state index is 0.103. The number of hydrogen-bond donors (Lipinski definition) is 2. The van der Waals surface area contributed by atoms with E-state index < -0.39 is 21.7 Å². The van der Waals surface area contributed by atoms with Crippen molar-refractivity contribution in [3.63, 3.8) is 0 Å². The number of sulfonamides is 1. The molecule has 2 aliphatic rings. The van der Waals surface area contributed by atoms with Gasteiger partial charge in [-0.05, 0) is 51.9 Å². The van der Waals surface area contributed by atoms with Gasteiger partial charge in [0.2, 0.25) is 16.0 Å². The maximum absolute atomic E-state index is 15.3. The molecule has 2 fully saturated rings. The Balaban J connectivity index is 1.35. The molecule has 0 amide bonds. The number of anilines is 2. The smallest absolute Gasteiger partial charge is 0.243 e. The van der Waals surface area contributed by atoms with Crippen LogP contribution >= 0.6 is 0 Å². The van der Waals surface area contributed by atoms with E-state index in [1.54, 1.807) is 18.2 Å². The van der Waals surface area contributed by atoms with Gasteiger partial charge < -0.3 is 15.1 Å². The van der Waals surface area contributed by atoms with Crippen molar-refractivity contribution in [3.8, 4) is 0 Å². The first kappa shape index (κ1) is 32.3. The molecule has 2 aromatic carbocycles. The highest BCUT2D eigenvalue weighted by atomic mass is 32.2. The molecule has 2 aliphatic heterocycles. The number of halogens is 2. The Bertz CT molecular complexity index is 1750. The van der Waals surface area contributed by atoms with Gasteiger partial charge >= 0.3 is 0 Å². The van der Waals surface area contributed by atoms with Crippen molar-refractivity contribution < 1.29 is 17.2 Å². The van der Waals surface area contributed by atoms with Crippen molar-refractivity contribution >= 4 is 50.7 Å². The first-order valence-corrected chi connectivity index (χ1v) is 16.1. The summed E-state index contributed by atoms with van der Waals surface area (Å²) >= 11 is 0. The Kier molecular flexibility index (Phi) is 9.97. The van der Waals surface area contributed by atoms with Crippen molar-refractivity contribution in [2.24, 2.45) is 9.98 Å². The minimum Gasteiger partial charge on any atom is -0.369 e. The molecule has 0 aliphatic carbocycles. The van der Waals surface area contributed by atoms with Crippen LogP contribution in [0.2, 0.25) is 0 Å². The number of nitrogens with zero attached hydrogens (tertiary/aromatic N) is 7. The molecular weight excluding hydrogens is 600 g/mol. The number of piperidine rings is 1. The highest BCUT2D eigenvalue weighted by Crippen LogP contribution is 2.32. The Labute approximate surface area is 262 Å². The van der Waals surface area contributed by atoms with Crippen LogP contribution in [-0.4, -0.2) is 100 Å². The van der Waals surface area contributed by atoms with Crippen LogP contribution in [0.4, 0.5) is 20.2 Å². The number of benzene rings is 2. The van der Waals surface area contributed by atoms with Gasteiger partial charge in [0.05, 0.1) is 16.9 Å². The number of aliphatic imine (C=N–C) groups is 2. The van der Waals surface area contributed by atoms with Crippen molar-refractivity contribution in [1.82, 2.24) is 24.5 Å². The average molecular weight is 638 g/mol. The molecule has 0 spiro atoms. The zero-order valence-electron chi connectivity index (χ0n) is 25.4. The fraction of sp³-hybridized carbons (Fsp3) is 0.355. The van der Waals surface area contributed by atoms with Crippen molar-refractivity contribution in [3.05, 3.63) is 72.7 Å². The third-order valence-electron chi connectivity index (χ3n) is 8.31. The third-order valence-corrected chi connectivity index (χ3v) is 9.79. The van der Waals surface area contributed by atoms with E-state index in [1.807, 2.05) is 4.90 Å². The van der Waals surface area contributed by atoms with E-state index in [1.165, 1.54) is 37.8 Å². The highest BCUT2D eigenvalue weighted by molar-refractivity contribution is 7.89. The minimum atomic E-state index is -3.98. The molecule has 0 radical (unpaired) electrons. The maximum Gasteiger partial charge on any atom is 0.243 e. The number of guanidine groups is 1. The standard InChI is InChI=1S/C31H37F2N9O2S/c1-5-21(23-6-7-25-29(37-13-12-36-25)30(23)45(43,44)35-3)20-38-31(34-2)39-24-8-9-26(28(33)27(24)32)42-14-10-22(11-15-42)41-18-16-40(4)17-19-41/h5-9,12-13,20,22,35H,1-2,10-11,14-19H2,3-4H3,(H,38,39)/b21-20-. The van der Waals surface area contributed by atoms with Gasteiger partial charge in [-0.15, -0.1) is 0 Å². The summed E-state index contributed by atoms with van der Waals surface area (Å²) in [7, 11) is -0.556. The molecule has 238 valence electrons. The number of hydrogen-bond acceptors (Lipinski definition) is 8. The lowest BCUT2D eigenvalue weighted by Gasteiger charge is -2.42. The Morgan fingerprint density at radius 1 is 1.02 bits per heavy atom. The first-order chi connectivity index (χ1) is 21.7. The van der Waals surface area contributed by atoms with Gasteiger partial charge in [-0.25, -0.2) is 31.9 Å². The van der Waals surface area contributed by atoms with E-state index in [-0.39, 0.29) is 33.3 Å². The van der Waals surface area contributed by atoms with E-state index in [9.17, 15) is 8.42 Å². The molecule has 0 saturated carbocycles. The van der Waals surface area contributed by atoms with E-state index in [0.717, 1.165) is 39.0 Å². The summed E-state index contributed by atoms with van der Waals surface area (Å²) in [6.45, 7) is 12.7. The number of fused-ring (bicyclic) bond motifs is 1. The number of aromatic nitrogens is 2. The van der Waals surface area contributed by atoms with Crippen LogP contribution in [0, 0.1) is 11.6 Å². The van der Waals surface area contributed by atoms with Gasteiger partial charge in [-0.3, -0.25) is 14.9 Å². The quantitative estimate of drug-likeness (QED) is 0.218. The lowest BCUT2D eigenvalue weighted by molar-refractivity contribution is 0.0981. The maximum atomic E-state index is 15.3. The second-order valence-electron chi connectivity index (χ2n) is 10.9. The summed E-state index contributed by atoms with van der Waals surface area (Å²) in [5.41, 5.74) is 1.17. The van der Waals surface area contributed by atoms with Crippen molar-refractivity contribution in [1.29, 1.82) is 0 Å². The molecule has 0 bridgehead atoms. The molecule has 1 aromatic heterocycles. The van der Waals surface area contributed by atoms with Gasteiger partial charge in [-0.1, -0.05) is 18.7 Å². The summed E-state index contributed by atoms with van der Waals surface area (Å²) in [6.07, 6.45) is 7.37. The van der Waals surface area contributed by atoms with E-state index in [4.69, 9.17) is 0 Å². The summed E-state index contributed by atoms with van der Waals surface area (Å²) < 4.78 is 59.0. The molecule has 5 rings (SSSR count). The van der Waals surface area contributed by atoms with Crippen LogP contribution in [0.25, 0.3) is 16.6 Å². The van der Waals surface area contributed by atoms with Crippen LogP contribution in [-0.2, 0) is 10.0 Å². The molecule has 2 saturated heterocycles. The largest absolute Gasteiger partial charge is 0.369 e. The van der Waals surface area contributed by atoms with Crippen molar-refractivity contribution in [2.75, 3.05) is 63.6 Å². The second-order valence-corrected chi connectivity index (χ2v) is 12.7. The zero-order chi connectivity index (χ0) is 32.1. The summed E-state index contributed by atoms with van der Waals surface area (Å²) in [5.74, 6) is -2.15. The van der Waals surface area contributed by atoms with Gasteiger partial charge in [0.25, 0.3) is 0 Å². The number of allylic oxidation sites excluding steroid dienone is 2. The molecule has 2 N–H and O–H groups in total. The topological polar surface area (TPSA) is 118 Å². The molecule has 0 atom stereocenters. The van der Waals surface area contributed by atoms with Crippen LogP contribution in [0.3, 0.4) is 0 Å². The monoisotopic (exact) mass is 637 g/mol. The molecule has 14 heteroatoms. The Hall–Kier alpha value is -4.11. The normalized spacial score (nSPS) is 17.9. The lowest BCUT2D eigenvalue weighted by Crippen LogP contribution is -2.52. The molecule has 3 heterocycles. The Morgan fingerprint density at radius 3 is 2.40 bits per heavy atom. The molecule has 11 nitrogen and oxygen atoms in total. The highest BCUT2D eigenvalue weighted by Gasteiger charge is 2.29. The summed E-state index contributed by atoms with van der Waals surface area (Å²) in [6, 6.07) is 6.64. The van der Waals surface area contributed by atoms with Gasteiger partial charge in [0.1, 0.15) is 10.4 Å². The lowest BCUT2D eigenvalue weighted by atomic mass is 10.0. The van der Waals surface area contributed by atoms with Crippen LogP contribution in [0.15, 0.2) is 70.4 Å². The predicted molar refractivity (Wildman–Crippen MR) is 175 cm³/mol. The predicted octanol–water partition coefficient (Wildman–Crippen LogP) is 3.73. The molecular formula is C31H37F2N9O2S. The molecule has 45 heavy (non-hydrogen) atoms. The van der Waals surface area contributed by atoms with Crippen LogP contribution < -0.4 is 14.9 Å². The number of piperazine rings is 1. The number of likely N-dealkylation sites (N-methyl/N-ethyl adjacent to an activating group) is 1. The summed E-state index contributed by atoms with van der Waals surface area (Å²) in [5, 5.41) is 2.68. The summed E-state index contributed by atoms with van der Waals surface area (Å²) in [4.78, 5) is 23.1. The molecule has 0 unspecified atom stereocenters. The van der Waals surface area contributed by atoms with E-state index in [2.05, 4.69) is 60.1 Å². The van der Waals surface area contributed by atoms with Crippen molar-refractivity contribution in [2.45, 2.75) is 23.8 Å². The van der Waals surface area contributed by atoms with Crippen LogP contribution in [0.5, 0.6) is 0 Å². The zero-order valence-corrected chi connectivity index (χ0v) is 26.2. The van der Waals surface area contributed by atoms with Gasteiger partial charge in [0.15, 0.2) is 11.6 Å². The second kappa shape index (κ2) is 13.9. The molecule has 3 aromatic rings. The third kappa shape index (κ3) is 6.93. The number of rotatable bonds is 8. The number of nitrogens with one attached hydrogen (secondary N) is 2. The van der Waals surface area contributed by atoms with Gasteiger partial charge in [-0.2, -0.15) is 0 Å². The van der Waals surface area contributed by atoms with E-state index in [0.29, 0.717) is 30.2 Å². The fourth-order valence-electron chi connectivity index (χ4n) is 5.75. The SMILES string of the molecule is C=C/C(=C/N=C(\N=C)Nc1ccc(N2CCC(N3CCN(C)CC3)CC2)c(F)c1F)c1ccc2nccnc2c1S(=O)(=O)NC. The van der Waals surface area contributed by atoms with Crippen LogP contribution in [0.1, 0.15) is 18.4 Å². The Morgan fingerprint density at radius 2 is 1.73 bits per heavy atom. The first-order valence-electron chi connectivity index (χ1n) is 14.6.